The predicted molar refractivity (Wildman–Crippen MR) is 85.2 cm³/mol. The first kappa shape index (κ1) is 15.8. The smallest absolute Gasteiger partial charge is 0.222 e. The zero-order valence-corrected chi connectivity index (χ0v) is 13.6. The highest BCUT2D eigenvalue weighted by molar-refractivity contribution is 6.31. The lowest BCUT2D eigenvalue weighted by Crippen LogP contribution is -2.40. The topological polar surface area (TPSA) is 32.3 Å². The molecule has 2 bridgehead atoms. The Balaban J connectivity index is 1.58. The molecule has 1 N–H and O–H groups in total. The minimum absolute atomic E-state index is 0.0746. The molecule has 1 aromatic rings. The number of nitrogens with zero attached hydrogens (tertiary/aromatic N) is 1. The number of nitrogens with one attached hydrogen (secondary N) is 1. The van der Waals surface area contributed by atoms with Crippen molar-refractivity contribution in [1.29, 1.82) is 0 Å². The molecular formula is C17H22ClFN2O. The van der Waals surface area contributed by atoms with Crippen molar-refractivity contribution in [2.75, 3.05) is 7.05 Å². The van der Waals surface area contributed by atoms with Crippen LogP contribution in [0.3, 0.4) is 0 Å². The molecule has 0 aromatic heterocycles. The van der Waals surface area contributed by atoms with Gasteiger partial charge in [-0.25, -0.2) is 4.39 Å². The van der Waals surface area contributed by atoms with Gasteiger partial charge < -0.3 is 10.2 Å². The number of amides is 1. The summed E-state index contributed by atoms with van der Waals surface area (Å²) in [6, 6.07) is 5.78. The lowest BCUT2D eigenvalue weighted by Gasteiger charge is -2.30. The summed E-state index contributed by atoms with van der Waals surface area (Å²) in [6.07, 6.45) is 5.18. The third kappa shape index (κ3) is 3.44. The molecule has 2 unspecified atom stereocenters. The fourth-order valence-corrected chi connectivity index (χ4v) is 3.98. The van der Waals surface area contributed by atoms with Gasteiger partial charge in [0.15, 0.2) is 0 Å². The molecule has 0 radical (unpaired) electrons. The van der Waals surface area contributed by atoms with Gasteiger partial charge in [0.25, 0.3) is 0 Å². The Bertz CT molecular complexity index is 533. The van der Waals surface area contributed by atoms with Gasteiger partial charge in [0.2, 0.25) is 5.91 Å². The monoisotopic (exact) mass is 324 g/mol. The lowest BCUT2D eigenvalue weighted by molar-refractivity contribution is -0.131. The number of fused-ring (bicyclic) bond motifs is 2. The third-order valence-corrected chi connectivity index (χ3v) is 5.27. The van der Waals surface area contributed by atoms with E-state index in [4.69, 9.17) is 11.6 Å². The third-order valence-electron chi connectivity index (χ3n) is 4.92. The van der Waals surface area contributed by atoms with E-state index in [9.17, 15) is 9.18 Å². The van der Waals surface area contributed by atoms with Gasteiger partial charge in [0.05, 0.1) is 0 Å². The number of carbonyl (C=O) groups is 1. The molecule has 2 fully saturated rings. The summed E-state index contributed by atoms with van der Waals surface area (Å²) in [5.41, 5.74) is 0.394. The number of carbonyl (C=O) groups excluding carboxylic acids is 1. The fraction of sp³-hybridized carbons (Fsp3) is 0.588. The second-order valence-electron chi connectivity index (χ2n) is 6.63. The molecule has 2 atom stereocenters. The van der Waals surface area contributed by atoms with Crippen LogP contribution in [-0.4, -0.2) is 29.9 Å². The average Bonchev–Trinajstić information content (AvgIpc) is 2.82. The van der Waals surface area contributed by atoms with Crippen LogP contribution in [0.1, 0.15) is 37.7 Å². The Morgan fingerprint density at radius 3 is 2.68 bits per heavy atom. The molecule has 3 rings (SSSR count). The summed E-state index contributed by atoms with van der Waals surface area (Å²) in [5, 5.41) is 3.96. The Morgan fingerprint density at radius 1 is 1.36 bits per heavy atom. The normalized spacial score (nSPS) is 27.0. The van der Waals surface area contributed by atoms with Crippen LogP contribution in [-0.2, 0) is 11.3 Å². The Kier molecular flexibility index (Phi) is 4.69. The lowest BCUT2D eigenvalue weighted by atomic mass is 9.89. The molecule has 0 aliphatic carbocycles. The van der Waals surface area contributed by atoms with Gasteiger partial charge >= 0.3 is 0 Å². The van der Waals surface area contributed by atoms with Crippen molar-refractivity contribution in [3.63, 3.8) is 0 Å². The molecule has 3 nitrogen and oxygen atoms in total. The van der Waals surface area contributed by atoms with Crippen LogP contribution in [0.25, 0.3) is 0 Å². The van der Waals surface area contributed by atoms with Gasteiger partial charge in [-0.1, -0.05) is 17.7 Å². The quantitative estimate of drug-likeness (QED) is 0.921. The second-order valence-corrected chi connectivity index (χ2v) is 7.04. The highest BCUT2D eigenvalue weighted by Gasteiger charge is 2.34. The van der Waals surface area contributed by atoms with E-state index in [1.54, 1.807) is 24.1 Å². The maximum Gasteiger partial charge on any atom is 0.222 e. The standard InChI is InChI=1S/C17H22ClFN2O/c1-21(10-14-15(18)3-2-4-16(14)19)17(22)9-11-7-12-5-6-13(8-11)20-12/h2-4,11-13,20H,5-10H2,1H3. The van der Waals surface area contributed by atoms with E-state index in [-0.39, 0.29) is 18.3 Å². The van der Waals surface area contributed by atoms with E-state index in [1.807, 2.05) is 0 Å². The van der Waals surface area contributed by atoms with Crippen LogP contribution in [0.5, 0.6) is 0 Å². The van der Waals surface area contributed by atoms with Crippen molar-refractivity contribution in [3.8, 4) is 0 Å². The summed E-state index contributed by atoms with van der Waals surface area (Å²) in [5.74, 6) is 0.169. The van der Waals surface area contributed by atoms with Crippen molar-refractivity contribution in [2.45, 2.75) is 50.7 Å². The largest absolute Gasteiger partial charge is 0.341 e. The highest BCUT2D eigenvalue weighted by Crippen LogP contribution is 2.33. The van der Waals surface area contributed by atoms with Crippen molar-refractivity contribution >= 4 is 17.5 Å². The Morgan fingerprint density at radius 2 is 2.05 bits per heavy atom. The fourth-order valence-electron chi connectivity index (χ4n) is 3.75. The molecule has 120 valence electrons. The predicted octanol–water partition coefficient (Wildman–Crippen LogP) is 3.36. The number of hydrogen-bond donors (Lipinski definition) is 1. The first-order chi connectivity index (χ1) is 10.5. The summed E-state index contributed by atoms with van der Waals surface area (Å²) < 4.78 is 13.8. The molecule has 2 heterocycles. The van der Waals surface area contributed by atoms with E-state index >= 15 is 0 Å². The number of rotatable bonds is 4. The molecule has 0 saturated carbocycles. The van der Waals surface area contributed by atoms with Gasteiger partial charge in [-0.15, -0.1) is 0 Å². The van der Waals surface area contributed by atoms with Gasteiger partial charge in [0.1, 0.15) is 5.82 Å². The van der Waals surface area contributed by atoms with Crippen LogP contribution in [0.15, 0.2) is 18.2 Å². The number of hydrogen-bond acceptors (Lipinski definition) is 2. The first-order valence-electron chi connectivity index (χ1n) is 7.96. The molecule has 2 aliphatic heterocycles. The van der Waals surface area contributed by atoms with Gasteiger partial charge in [-0.05, 0) is 43.7 Å². The summed E-state index contributed by atoms with van der Waals surface area (Å²) in [4.78, 5) is 14.0. The van der Waals surface area contributed by atoms with Gasteiger partial charge in [-0.3, -0.25) is 4.79 Å². The SMILES string of the molecule is CN(Cc1c(F)cccc1Cl)C(=O)CC1CC2CCC(C1)N2. The Hall–Kier alpha value is -1.13. The van der Waals surface area contributed by atoms with E-state index in [0.29, 0.717) is 35.0 Å². The summed E-state index contributed by atoms with van der Waals surface area (Å²) >= 11 is 6.03. The zero-order valence-electron chi connectivity index (χ0n) is 12.8. The van der Waals surface area contributed by atoms with Crippen molar-refractivity contribution in [2.24, 2.45) is 5.92 Å². The van der Waals surface area contributed by atoms with Gasteiger partial charge in [-0.2, -0.15) is 0 Å². The van der Waals surface area contributed by atoms with Crippen molar-refractivity contribution in [1.82, 2.24) is 10.2 Å². The molecule has 1 aromatic carbocycles. The van der Waals surface area contributed by atoms with Crippen LogP contribution in [0.4, 0.5) is 4.39 Å². The van der Waals surface area contributed by atoms with Crippen LogP contribution in [0.2, 0.25) is 5.02 Å². The number of benzene rings is 1. The minimum Gasteiger partial charge on any atom is -0.341 e. The zero-order chi connectivity index (χ0) is 15.7. The number of piperidine rings is 1. The molecule has 22 heavy (non-hydrogen) atoms. The van der Waals surface area contributed by atoms with E-state index in [2.05, 4.69) is 5.32 Å². The highest BCUT2D eigenvalue weighted by atomic mass is 35.5. The van der Waals surface area contributed by atoms with Crippen molar-refractivity contribution in [3.05, 3.63) is 34.6 Å². The molecule has 5 heteroatoms. The first-order valence-corrected chi connectivity index (χ1v) is 8.33. The summed E-state index contributed by atoms with van der Waals surface area (Å²) in [7, 11) is 1.72. The van der Waals surface area contributed by atoms with Gasteiger partial charge in [0, 0.05) is 42.7 Å². The molecule has 2 aliphatic rings. The Labute approximate surface area is 135 Å². The molecule has 1 amide bonds. The van der Waals surface area contributed by atoms with E-state index < -0.39 is 0 Å². The van der Waals surface area contributed by atoms with E-state index in [1.165, 1.54) is 18.9 Å². The van der Waals surface area contributed by atoms with Crippen LogP contribution in [0, 0.1) is 11.7 Å². The molecular weight excluding hydrogens is 303 g/mol. The summed E-state index contributed by atoms with van der Waals surface area (Å²) in [6.45, 7) is 0.224. The van der Waals surface area contributed by atoms with Crippen LogP contribution < -0.4 is 5.32 Å². The molecule has 2 saturated heterocycles. The van der Waals surface area contributed by atoms with E-state index in [0.717, 1.165) is 12.8 Å². The minimum atomic E-state index is -0.355. The average molecular weight is 325 g/mol. The molecule has 0 spiro atoms. The second kappa shape index (κ2) is 6.55. The van der Waals surface area contributed by atoms with Crippen LogP contribution >= 0.6 is 11.6 Å². The maximum absolute atomic E-state index is 13.8. The van der Waals surface area contributed by atoms with Crippen molar-refractivity contribution < 1.29 is 9.18 Å². The number of halogens is 2. The maximum atomic E-state index is 13.8.